The first kappa shape index (κ1) is 18.9. The molecule has 1 unspecified atom stereocenters. The van der Waals surface area contributed by atoms with Crippen LogP contribution >= 0.6 is 23.7 Å². The van der Waals surface area contributed by atoms with Gasteiger partial charge in [0, 0.05) is 29.8 Å². The highest BCUT2D eigenvalue weighted by Crippen LogP contribution is 2.29. The Balaban J connectivity index is 0.00000242. The van der Waals surface area contributed by atoms with E-state index < -0.39 is 6.10 Å². The number of rotatable bonds is 8. The minimum Gasteiger partial charge on any atom is -0.386 e. The molecule has 0 saturated heterocycles. The minimum absolute atomic E-state index is 0. The van der Waals surface area contributed by atoms with Gasteiger partial charge in [0.1, 0.15) is 6.10 Å². The Labute approximate surface area is 140 Å². The summed E-state index contributed by atoms with van der Waals surface area (Å²) in [6, 6.07) is 9.95. The molecule has 0 bridgehead atoms. The summed E-state index contributed by atoms with van der Waals surface area (Å²) in [7, 11) is 1.61. The molecular weight excluding hydrogens is 324 g/mol. The number of aliphatic hydroxyl groups is 1. The number of halogens is 1. The lowest BCUT2D eigenvalue weighted by Crippen LogP contribution is -2.37. The quantitative estimate of drug-likeness (QED) is 0.638. The average molecular weight is 345 g/mol. The Morgan fingerprint density at radius 1 is 1.41 bits per heavy atom. The van der Waals surface area contributed by atoms with Crippen molar-refractivity contribution in [3.05, 3.63) is 35.2 Å². The van der Waals surface area contributed by atoms with Crippen LogP contribution < -0.4 is 10.6 Å². The van der Waals surface area contributed by atoms with Crippen molar-refractivity contribution in [1.29, 1.82) is 0 Å². The smallest absolute Gasteiger partial charge is 0.234 e. The van der Waals surface area contributed by atoms with Crippen molar-refractivity contribution in [2.45, 2.75) is 6.10 Å². The third-order valence-electron chi connectivity index (χ3n) is 3.03. The Hall–Kier alpha value is -1.18. The summed E-state index contributed by atoms with van der Waals surface area (Å²) in [5.74, 6) is -0.133. The number of fused-ring (bicyclic) bond motifs is 1. The Morgan fingerprint density at radius 3 is 2.91 bits per heavy atom. The van der Waals surface area contributed by atoms with Gasteiger partial charge in [-0.05, 0) is 17.5 Å². The highest BCUT2D eigenvalue weighted by Gasteiger charge is 2.12. The SMILES string of the molecule is COCCNCC(=O)NCC(O)c1cc2ccccc2s1.Cl. The van der Waals surface area contributed by atoms with E-state index in [9.17, 15) is 9.90 Å². The summed E-state index contributed by atoms with van der Waals surface area (Å²) in [4.78, 5) is 12.5. The molecule has 0 fully saturated rings. The molecule has 2 rings (SSSR count). The van der Waals surface area contributed by atoms with Gasteiger partial charge in [-0.3, -0.25) is 4.79 Å². The predicted octanol–water partition coefficient (Wildman–Crippen LogP) is 1.71. The van der Waals surface area contributed by atoms with Gasteiger partial charge >= 0.3 is 0 Å². The first-order valence-corrected chi connectivity index (χ1v) is 7.65. The second-order valence-electron chi connectivity index (χ2n) is 4.68. The lowest BCUT2D eigenvalue weighted by Gasteiger charge is -2.10. The van der Waals surface area contributed by atoms with Gasteiger partial charge in [0.25, 0.3) is 0 Å². The van der Waals surface area contributed by atoms with E-state index in [0.29, 0.717) is 13.2 Å². The second kappa shape index (κ2) is 9.76. The average Bonchev–Trinajstić information content (AvgIpc) is 2.93. The zero-order chi connectivity index (χ0) is 15.1. The first-order valence-electron chi connectivity index (χ1n) is 6.83. The van der Waals surface area contributed by atoms with Crippen LogP contribution in [0.1, 0.15) is 11.0 Å². The van der Waals surface area contributed by atoms with Gasteiger partial charge in [-0.25, -0.2) is 0 Å². The number of benzene rings is 1. The van der Waals surface area contributed by atoms with E-state index in [1.807, 2.05) is 30.3 Å². The number of carbonyl (C=O) groups excluding carboxylic acids is 1. The number of hydrogen-bond acceptors (Lipinski definition) is 5. The fraction of sp³-hybridized carbons (Fsp3) is 0.400. The molecule has 1 heterocycles. The maximum Gasteiger partial charge on any atom is 0.234 e. The first-order chi connectivity index (χ1) is 10.2. The Kier molecular flexibility index (Phi) is 8.37. The van der Waals surface area contributed by atoms with Gasteiger partial charge < -0.3 is 20.5 Å². The summed E-state index contributed by atoms with van der Waals surface area (Å²) in [6.07, 6.45) is -0.676. The van der Waals surface area contributed by atoms with Crippen LogP contribution in [0.5, 0.6) is 0 Å². The van der Waals surface area contributed by atoms with Crippen LogP contribution in [0.2, 0.25) is 0 Å². The van der Waals surface area contributed by atoms with E-state index in [-0.39, 0.29) is 31.4 Å². The van der Waals surface area contributed by atoms with Crippen molar-refractivity contribution < 1.29 is 14.6 Å². The number of carbonyl (C=O) groups is 1. The van der Waals surface area contributed by atoms with Crippen molar-refractivity contribution in [1.82, 2.24) is 10.6 Å². The van der Waals surface area contributed by atoms with E-state index >= 15 is 0 Å². The molecule has 0 aliphatic heterocycles. The van der Waals surface area contributed by atoms with E-state index in [4.69, 9.17) is 4.74 Å². The number of thiophene rings is 1. The molecule has 0 spiro atoms. The summed E-state index contributed by atoms with van der Waals surface area (Å²) in [5, 5.41) is 16.9. The van der Waals surface area contributed by atoms with Crippen molar-refractivity contribution in [3.8, 4) is 0 Å². The zero-order valence-corrected chi connectivity index (χ0v) is 14.0. The zero-order valence-electron chi connectivity index (χ0n) is 12.4. The molecular formula is C15H21ClN2O3S. The molecule has 0 aliphatic rings. The summed E-state index contributed by atoms with van der Waals surface area (Å²) < 4.78 is 6.01. The lowest BCUT2D eigenvalue weighted by molar-refractivity contribution is -0.120. The summed E-state index contributed by atoms with van der Waals surface area (Å²) in [6.45, 7) is 1.64. The summed E-state index contributed by atoms with van der Waals surface area (Å²) in [5.41, 5.74) is 0. The normalized spacial score (nSPS) is 11.9. The monoisotopic (exact) mass is 344 g/mol. The molecule has 1 aromatic carbocycles. The number of aliphatic hydroxyl groups excluding tert-OH is 1. The van der Waals surface area contributed by atoms with Gasteiger partial charge in [-0.15, -0.1) is 23.7 Å². The van der Waals surface area contributed by atoms with Crippen LogP contribution in [0.15, 0.2) is 30.3 Å². The van der Waals surface area contributed by atoms with E-state index in [1.54, 1.807) is 18.4 Å². The topological polar surface area (TPSA) is 70.6 Å². The van der Waals surface area contributed by atoms with E-state index in [0.717, 1.165) is 15.0 Å². The van der Waals surface area contributed by atoms with E-state index in [2.05, 4.69) is 10.6 Å². The third-order valence-corrected chi connectivity index (χ3v) is 4.25. The molecule has 3 N–H and O–H groups in total. The lowest BCUT2D eigenvalue weighted by atomic mass is 10.2. The largest absolute Gasteiger partial charge is 0.386 e. The van der Waals surface area contributed by atoms with Gasteiger partial charge in [0.2, 0.25) is 5.91 Å². The molecule has 1 aromatic heterocycles. The standard InChI is InChI=1S/C15H20N2O3S.ClH/c1-20-7-6-16-10-15(19)17-9-12(18)14-8-11-4-2-3-5-13(11)21-14;/h2-5,8,12,16,18H,6-7,9-10H2,1H3,(H,17,19);1H. The molecule has 0 saturated carbocycles. The molecule has 1 amide bonds. The number of hydrogen-bond donors (Lipinski definition) is 3. The van der Waals surface area contributed by atoms with Crippen LogP contribution in [-0.4, -0.2) is 44.4 Å². The molecule has 7 heteroatoms. The Bertz CT molecular complexity index is 558. The van der Waals surface area contributed by atoms with Gasteiger partial charge in [-0.1, -0.05) is 18.2 Å². The summed E-state index contributed by atoms with van der Waals surface area (Å²) >= 11 is 1.55. The molecule has 122 valence electrons. The number of methoxy groups -OCH3 is 1. The predicted molar refractivity (Wildman–Crippen MR) is 91.8 cm³/mol. The van der Waals surface area contributed by atoms with E-state index in [1.165, 1.54) is 0 Å². The highest BCUT2D eigenvalue weighted by molar-refractivity contribution is 7.19. The second-order valence-corrected chi connectivity index (χ2v) is 5.79. The van der Waals surface area contributed by atoms with Crippen LogP contribution in [0, 0.1) is 0 Å². The maximum absolute atomic E-state index is 11.6. The van der Waals surface area contributed by atoms with Gasteiger partial charge in [-0.2, -0.15) is 0 Å². The molecule has 5 nitrogen and oxygen atoms in total. The fourth-order valence-electron chi connectivity index (χ4n) is 1.92. The number of ether oxygens (including phenoxy) is 1. The van der Waals surface area contributed by atoms with Gasteiger partial charge in [0.05, 0.1) is 13.2 Å². The minimum atomic E-state index is -0.676. The Morgan fingerprint density at radius 2 is 2.18 bits per heavy atom. The number of amides is 1. The van der Waals surface area contributed by atoms with Crippen LogP contribution in [-0.2, 0) is 9.53 Å². The van der Waals surface area contributed by atoms with Crippen molar-refractivity contribution in [2.75, 3.05) is 33.4 Å². The van der Waals surface area contributed by atoms with Crippen LogP contribution in [0.3, 0.4) is 0 Å². The molecule has 1 atom stereocenters. The molecule has 22 heavy (non-hydrogen) atoms. The number of nitrogens with one attached hydrogen (secondary N) is 2. The molecule has 0 radical (unpaired) electrons. The fourth-order valence-corrected chi connectivity index (χ4v) is 2.97. The highest BCUT2D eigenvalue weighted by atomic mass is 35.5. The van der Waals surface area contributed by atoms with Crippen LogP contribution in [0.25, 0.3) is 10.1 Å². The molecule has 2 aromatic rings. The van der Waals surface area contributed by atoms with Crippen LogP contribution in [0.4, 0.5) is 0 Å². The van der Waals surface area contributed by atoms with Crippen molar-refractivity contribution in [3.63, 3.8) is 0 Å². The van der Waals surface area contributed by atoms with Crippen molar-refractivity contribution >= 4 is 39.7 Å². The maximum atomic E-state index is 11.6. The van der Waals surface area contributed by atoms with Gasteiger partial charge in [0.15, 0.2) is 0 Å². The van der Waals surface area contributed by atoms with Crippen molar-refractivity contribution in [2.24, 2.45) is 0 Å². The molecule has 0 aliphatic carbocycles. The third kappa shape index (κ3) is 5.55.